The average molecular weight is 357 g/mol. The Labute approximate surface area is 130 Å². The maximum atomic E-state index is 12.1. The largest absolute Gasteiger partial charge is 0.345 e. The molecule has 1 aromatic heterocycles. The first kappa shape index (κ1) is 15.6. The number of amides is 3. The third-order valence-electron chi connectivity index (χ3n) is 3.46. The van der Waals surface area contributed by atoms with E-state index in [2.05, 4.69) is 26.8 Å². The Morgan fingerprint density at radius 3 is 2.62 bits per heavy atom. The minimum absolute atomic E-state index is 0.134. The molecule has 1 aliphatic heterocycles. The van der Waals surface area contributed by atoms with E-state index in [0.717, 1.165) is 10.9 Å². The van der Waals surface area contributed by atoms with Gasteiger partial charge in [-0.1, -0.05) is 0 Å². The zero-order valence-corrected chi connectivity index (χ0v) is 13.4. The van der Waals surface area contributed by atoms with Crippen LogP contribution in [0.1, 0.15) is 30.3 Å². The number of hydrogen-bond donors (Lipinski definition) is 2. The molecule has 1 aromatic rings. The summed E-state index contributed by atoms with van der Waals surface area (Å²) in [6.45, 7) is 2.01. The molecule has 0 aliphatic carbocycles. The number of hydrazine groups is 1. The first-order valence-corrected chi connectivity index (χ1v) is 7.38. The van der Waals surface area contributed by atoms with E-state index in [1.165, 1.54) is 11.8 Å². The van der Waals surface area contributed by atoms with Crippen LogP contribution in [0.2, 0.25) is 0 Å². The molecule has 1 fully saturated rings. The van der Waals surface area contributed by atoms with Crippen molar-refractivity contribution in [3.8, 4) is 0 Å². The van der Waals surface area contributed by atoms with Gasteiger partial charge in [-0.3, -0.25) is 25.2 Å². The minimum Gasteiger partial charge on any atom is -0.345 e. The molecule has 1 unspecified atom stereocenters. The fourth-order valence-corrected chi connectivity index (χ4v) is 2.96. The number of nitrogens with zero attached hydrogens (tertiary/aromatic N) is 2. The minimum atomic E-state index is -0.511. The highest BCUT2D eigenvalue weighted by atomic mass is 79.9. The Balaban J connectivity index is 1.93. The maximum Gasteiger partial charge on any atom is 0.286 e. The first-order valence-electron chi connectivity index (χ1n) is 6.59. The zero-order chi connectivity index (χ0) is 15.6. The second-order valence-electron chi connectivity index (χ2n) is 4.97. The Kier molecular flexibility index (Phi) is 4.66. The predicted molar refractivity (Wildman–Crippen MR) is 79.1 cm³/mol. The molecule has 2 heterocycles. The van der Waals surface area contributed by atoms with E-state index in [1.807, 2.05) is 0 Å². The molecular formula is C13H17BrN4O3. The summed E-state index contributed by atoms with van der Waals surface area (Å²) >= 11 is 3.28. The van der Waals surface area contributed by atoms with Crippen molar-refractivity contribution in [2.45, 2.75) is 25.8 Å². The van der Waals surface area contributed by atoms with Crippen molar-refractivity contribution in [3.05, 3.63) is 22.4 Å². The van der Waals surface area contributed by atoms with E-state index in [0.29, 0.717) is 18.7 Å². The van der Waals surface area contributed by atoms with Crippen LogP contribution in [-0.2, 0) is 16.6 Å². The third-order valence-corrected chi connectivity index (χ3v) is 3.90. The van der Waals surface area contributed by atoms with E-state index in [-0.39, 0.29) is 11.8 Å². The van der Waals surface area contributed by atoms with Crippen LogP contribution in [0.15, 0.2) is 16.7 Å². The van der Waals surface area contributed by atoms with Crippen molar-refractivity contribution >= 4 is 33.7 Å². The predicted octanol–water partition coefficient (Wildman–Crippen LogP) is 0.559. The van der Waals surface area contributed by atoms with Crippen LogP contribution in [0.5, 0.6) is 0 Å². The number of nitrogens with one attached hydrogen (secondary N) is 2. The lowest BCUT2D eigenvalue weighted by Crippen LogP contribution is -2.51. The molecule has 3 amide bonds. The molecule has 114 valence electrons. The van der Waals surface area contributed by atoms with Gasteiger partial charge in [-0.15, -0.1) is 0 Å². The smallest absolute Gasteiger partial charge is 0.286 e. The summed E-state index contributed by atoms with van der Waals surface area (Å²) < 4.78 is 2.42. The van der Waals surface area contributed by atoms with E-state index in [4.69, 9.17) is 0 Å². The Morgan fingerprint density at radius 2 is 2.05 bits per heavy atom. The highest BCUT2D eigenvalue weighted by molar-refractivity contribution is 9.10. The van der Waals surface area contributed by atoms with Gasteiger partial charge in [-0.25, -0.2) is 0 Å². The van der Waals surface area contributed by atoms with Crippen LogP contribution >= 0.6 is 15.9 Å². The van der Waals surface area contributed by atoms with Crippen LogP contribution in [-0.4, -0.2) is 39.8 Å². The van der Waals surface area contributed by atoms with Gasteiger partial charge in [-0.05, 0) is 34.8 Å². The normalized spacial score (nSPS) is 17.7. The van der Waals surface area contributed by atoms with E-state index < -0.39 is 11.9 Å². The molecule has 7 nitrogen and oxygen atoms in total. The quantitative estimate of drug-likeness (QED) is 0.759. The lowest BCUT2D eigenvalue weighted by molar-refractivity contribution is -0.137. The van der Waals surface area contributed by atoms with Gasteiger partial charge < -0.3 is 9.47 Å². The van der Waals surface area contributed by atoms with Crippen molar-refractivity contribution in [3.63, 3.8) is 0 Å². The van der Waals surface area contributed by atoms with Crippen molar-refractivity contribution < 1.29 is 14.4 Å². The van der Waals surface area contributed by atoms with Gasteiger partial charge in [0.25, 0.3) is 11.8 Å². The van der Waals surface area contributed by atoms with Gasteiger partial charge in [-0.2, -0.15) is 0 Å². The number of halogens is 1. The summed E-state index contributed by atoms with van der Waals surface area (Å²) in [6, 6.07) is 1.14. The fraction of sp³-hybridized carbons (Fsp3) is 0.462. The van der Waals surface area contributed by atoms with Crippen molar-refractivity contribution in [2.75, 3.05) is 6.54 Å². The summed E-state index contributed by atoms with van der Waals surface area (Å²) in [6.07, 6.45) is 3.14. The number of likely N-dealkylation sites (tertiary alicyclic amines) is 1. The molecule has 0 bridgehead atoms. The highest BCUT2D eigenvalue weighted by Crippen LogP contribution is 2.17. The van der Waals surface area contributed by atoms with Gasteiger partial charge in [0, 0.05) is 31.2 Å². The first-order chi connectivity index (χ1) is 9.90. The molecule has 8 heteroatoms. The number of carbonyl (C=O) groups excluding carboxylic acids is 3. The summed E-state index contributed by atoms with van der Waals surface area (Å²) in [5, 5.41) is 0. The van der Waals surface area contributed by atoms with Crippen LogP contribution in [0.4, 0.5) is 0 Å². The average Bonchev–Trinajstić information content (AvgIpc) is 3.02. The number of rotatable bonds is 2. The molecule has 0 saturated carbocycles. The summed E-state index contributed by atoms with van der Waals surface area (Å²) in [4.78, 5) is 36.9. The highest BCUT2D eigenvalue weighted by Gasteiger charge is 2.32. The van der Waals surface area contributed by atoms with Crippen molar-refractivity contribution in [1.29, 1.82) is 0 Å². The molecule has 1 aliphatic rings. The number of carbonyl (C=O) groups is 3. The molecule has 0 radical (unpaired) electrons. The summed E-state index contributed by atoms with van der Waals surface area (Å²) in [5.41, 5.74) is 5.17. The standard InChI is InChI=1S/C13H17BrN4O3/c1-8(19)18-5-3-4-10(18)12(20)15-16-13(21)11-6-9(14)7-17(11)2/h6-7,10H,3-5H2,1-2H3,(H,15,20)(H,16,21). The zero-order valence-electron chi connectivity index (χ0n) is 11.9. The van der Waals surface area contributed by atoms with Crippen molar-refractivity contribution in [2.24, 2.45) is 7.05 Å². The maximum absolute atomic E-state index is 12.1. The van der Waals surface area contributed by atoms with Gasteiger partial charge >= 0.3 is 0 Å². The second-order valence-corrected chi connectivity index (χ2v) is 5.88. The van der Waals surface area contributed by atoms with Crippen LogP contribution < -0.4 is 10.9 Å². The van der Waals surface area contributed by atoms with Gasteiger partial charge in [0.1, 0.15) is 11.7 Å². The second kappa shape index (κ2) is 6.30. The van der Waals surface area contributed by atoms with Crippen LogP contribution in [0.25, 0.3) is 0 Å². The molecule has 0 aromatic carbocycles. The van der Waals surface area contributed by atoms with Crippen molar-refractivity contribution in [1.82, 2.24) is 20.3 Å². The van der Waals surface area contributed by atoms with E-state index in [1.54, 1.807) is 23.9 Å². The molecule has 2 rings (SSSR count). The summed E-state index contributed by atoms with van der Waals surface area (Å²) in [5.74, 6) is -0.918. The van der Waals surface area contributed by atoms with Gasteiger partial charge in [0.05, 0.1) is 0 Å². The molecule has 1 atom stereocenters. The lowest BCUT2D eigenvalue weighted by atomic mass is 10.2. The van der Waals surface area contributed by atoms with E-state index >= 15 is 0 Å². The lowest BCUT2D eigenvalue weighted by Gasteiger charge is -2.22. The SMILES string of the molecule is CC(=O)N1CCCC1C(=O)NNC(=O)c1cc(Br)cn1C. The fourth-order valence-electron chi connectivity index (χ4n) is 2.43. The Bertz CT molecular complexity index is 584. The van der Waals surface area contributed by atoms with Gasteiger partial charge in [0.2, 0.25) is 5.91 Å². The number of hydrogen-bond acceptors (Lipinski definition) is 3. The number of aryl methyl sites for hydroxylation is 1. The van der Waals surface area contributed by atoms with Crippen LogP contribution in [0.3, 0.4) is 0 Å². The molecule has 1 saturated heterocycles. The molecule has 21 heavy (non-hydrogen) atoms. The monoisotopic (exact) mass is 356 g/mol. The third kappa shape index (κ3) is 3.44. The molecule has 0 spiro atoms. The Hall–Kier alpha value is -1.83. The Morgan fingerprint density at radius 1 is 1.33 bits per heavy atom. The molecule has 2 N–H and O–H groups in total. The van der Waals surface area contributed by atoms with Crippen LogP contribution in [0, 0.1) is 0 Å². The van der Waals surface area contributed by atoms with E-state index in [9.17, 15) is 14.4 Å². The molecular weight excluding hydrogens is 340 g/mol. The van der Waals surface area contributed by atoms with Gasteiger partial charge in [0.15, 0.2) is 0 Å². The number of aromatic nitrogens is 1. The topological polar surface area (TPSA) is 83.4 Å². The summed E-state index contributed by atoms with van der Waals surface area (Å²) in [7, 11) is 1.73.